The molecule has 3 nitrogen and oxygen atoms in total. The van der Waals surface area contributed by atoms with Crippen molar-refractivity contribution in [2.45, 2.75) is 31.7 Å². The molecule has 1 fully saturated rings. The molecule has 138 valence electrons. The highest BCUT2D eigenvalue weighted by Gasteiger charge is 2.40. The first-order valence-electron chi connectivity index (χ1n) is 9.56. The molecule has 0 radical (unpaired) electrons. The molecule has 2 aliphatic heterocycles. The van der Waals surface area contributed by atoms with Crippen LogP contribution < -0.4 is 9.64 Å². The summed E-state index contributed by atoms with van der Waals surface area (Å²) in [4.78, 5) is 5.07. The second kappa shape index (κ2) is 7.28. The van der Waals surface area contributed by atoms with Gasteiger partial charge in [0.05, 0.1) is 6.61 Å². The fourth-order valence-corrected chi connectivity index (χ4v) is 4.62. The van der Waals surface area contributed by atoms with Crippen LogP contribution in [0, 0.1) is 12.7 Å². The molecule has 0 N–H and O–H groups in total. The molecule has 0 spiro atoms. The number of piperidine rings is 1. The van der Waals surface area contributed by atoms with Gasteiger partial charge in [-0.15, -0.1) is 0 Å². The summed E-state index contributed by atoms with van der Waals surface area (Å²) in [5.74, 6) is 1.13. The van der Waals surface area contributed by atoms with E-state index >= 15 is 0 Å². The Kier molecular flexibility index (Phi) is 4.86. The number of halogens is 1. The number of para-hydroxylation sites is 1. The zero-order valence-electron chi connectivity index (χ0n) is 15.6. The van der Waals surface area contributed by atoms with Crippen molar-refractivity contribution in [2.75, 3.05) is 38.2 Å². The lowest BCUT2D eigenvalue weighted by atomic mass is 9.88. The second-order valence-electron chi connectivity index (χ2n) is 7.54. The highest BCUT2D eigenvalue weighted by Crippen LogP contribution is 2.45. The summed E-state index contributed by atoms with van der Waals surface area (Å²) in [5.41, 5.74) is 4.35. The molecule has 1 saturated heterocycles. The van der Waals surface area contributed by atoms with Crippen LogP contribution in [0.2, 0.25) is 0 Å². The van der Waals surface area contributed by atoms with E-state index in [-0.39, 0.29) is 5.82 Å². The number of hydrogen-bond acceptors (Lipinski definition) is 3. The van der Waals surface area contributed by atoms with Gasteiger partial charge in [0.1, 0.15) is 11.6 Å². The monoisotopic (exact) mass is 354 g/mol. The van der Waals surface area contributed by atoms with Crippen molar-refractivity contribution in [1.82, 2.24) is 4.90 Å². The summed E-state index contributed by atoms with van der Waals surface area (Å²) in [6, 6.07) is 13.6. The minimum absolute atomic E-state index is 0.225. The first kappa shape index (κ1) is 17.3. The van der Waals surface area contributed by atoms with E-state index in [4.69, 9.17) is 4.74 Å². The number of rotatable bonds is 5. The van der Waals surface area contributed by atoms with E-state index in [0.717, 1.165) is 31.8 Å². The van der Waals surface area contributed by atoms with Gasteiger partial charge >= 0.3 is 0 Å². The Bertz CT molecular complexity index is 761. The number of benzene rings is 2. The Labute approximate surface area is 155 Å². The van der Waals surface area contributed by atoms with Gasteiger partial charge in [-0.3, -0.25) is 0 Å². The van der Waals surface area contributed by atoms with Crippen molar-refractivity contribution in [3.05, 3.63) is 59.4 Å². The third kappa shape index (κ3) is 3.30. The standard InChI is InChI=1S/C22H27FN2O/c1-16-5-3-6-19-20-15-25(13-11-21(20)24(2)22(16)19)12-4-14-26-18-9-7-17(23)8-10-18/h3,5-10,20-21H,4,11-15H2,1-2H3/t20-,21?/m0/s1. The number of fused-ring (bicyclic) bond motifs is 3. The van der Waals surface area contributed by atoms with Crippen LogP contribution in [0.1, 0.15) is 29.9 Å². The molecule has 26 heavy (non-hydrogen) atoms. The molecule has 2 atom stereocenters. The van der Waals surface area contributed by atoms with E-state index in [9.17, 15) is 4.39 Å². The largest absolute Gasteiger partial charge is 0.494 e. The molecule has 2 aromatic rings. The fourth-order valence-electron chi connectivity index (χ4n) is 4.62. The topological polar surface area (TPSA) is 15.7 Å². The lowest BCUT2D eigenvalue weighted by Gasteiger charge is -2.37. The molecule has 0 saturated carbocycles. The number of ether oxygens (including phenoxy) is 1. The van der Waals surface area contributed by atoms with Gasteiger partial charge in [-0.1, -0.05) is 18.2 Å². The Morgan fingerprint density at radius 1 is 1.15 bits per heavy atom. The fraction of sp³-hybridized carbons (Fsp3) is 0.455. The zero-order chi connectivity index (χ0) is 18.1. The van der Waals surface area contributed by atoms with Gasteiger partial charge in [0.15, 0.2) is 0 Å². The maximum Gasteiger partial charge on any atom is 0.123 e. The van der Waals surface area contributed by atoms with Crippen LogP contribution in [-0.4, -0.2) is 44.2 Å². The maximum absolute atomic E-state index is 12.9. The van der Waals surface area contributed by atoms with Crippen molar-refractivity contribution in [3.63, 3.8) is 0 Å². The minimum atomic E-state index is -0.225. The second-order valence-corrected chi connectivity index (χ2v) is 7.54. The van der Waals surface area contributed by atoms with Gasteiger partial charge in [0, 0.05) is 44.3 Å². The normalized spacial score (nSPS) is 22.2. The van der Waals surface area contributed by atoms with Gasteiger partial charge in [-0.25, -0.2) is 4.39 Å². The van der Waals surface area contributed by atoms with E-state index in [2.05, 4.69) is 42.0 Å². The molecular formula is C22H27FN2O. The number of aryl methyl sites for hydroxylation is 1. The molecule has 2 aromatic carbocycles. The van der Waals surface area contributed by atoms with Crippen LogP contribution in [-0.2, 0) is 0 Å². The van der Waals surface area contributed by atoms with Gasteiger partial charge in [-0.05, 0) is 55.2 Å². The summed E-state index contributed by atoms with van der Waals surface area (Å²) >= 11 is 0. The first-order valence-corrected chi connectivity index (χ1v) is 9.56. The van der Waals surface area contributed by atoms with Gasteiger partial charge in [-0.2, -0.15) is 0 Å². The highest BCUT2D eigenvalue weighted by molar-refractivity contribution is 5.66. The molecule has 0 bridgehead atoms. The Morgan fingerprint density at radius 3 is 2.77 bits per heavy atom. The van der Waals surface area contributed by atoms with Gasteiger partial charge in [0.2, 0.25) is 0 Å². The van der Waals surface area contributed by atoms with Crippen LogP contribution in [0.3, 0.4) is 0 Å². The lowest BCUT2D eigenvalue weighted by Crippen LogP contribution is -2.45. The third-order valence-corrected chi connectivity index (χ3v) is 5.88. The van der Waals surface area contributed by atoms with Crippen LogP contribution in [0.25, 0.3) is 0 Å². The van der Waals surface area contributed by atoms with E-state index in [1.165, 1.54) is 35.4 Å². The predicted molar refractivity (Wildman–Crippen MR) is 104 cm³/mol. The van der Waals surface area contributed by atoms with E-state index < -0.39 is 0 Å². The quantitative estimate of drug-likeness (QED) is 0.748. The Balaban J connectivity index is 1.31. The summed E-state index contributed by atoms with van der Waals surface area (Å²) < 4.78 is 18.6. The molecule has 0 aromatic heterocycles. The van der Waals surface area contributed by atoms with Crippen molar-refractivity contribution < 1.29 is 9.13 Å². The molecule has 2 aliphatic rings. The van der Waals surface area contributed by atoms with Crippen LogP contribution >= 0.6 is 0 Å². The maximum atomic E-state index is 12.9. The van der Waals surface area contributed by atoms with Crippen LogP contribution in [0.5, 0.6) is 5.75 Å². The Hall–Kier alpha value is -2.07. The first-order chi connectivity index (χ1) is 12.6. The molecule has 4 rings (SSSR count). The Morgan fingerprint density at radius 2 is 1.96 bits per heavy atom. The minimum Gasteiger partial charge on any atom is -0.494 e. The predicted octanol–water partition coefficient (Wildman–Crippen LogP) is 4.21. The summed E-state index contributed by atoms with van der Waals surface area (Å²) in [6.07, 6.45) is 2.21. The van der Waals surface area contributed by atoms with Crippen LogP contribution in [0.4, 0.5) is 10.1 Å². The third-order valence-electron chi connectivity index (χ3n) is 5.88. The van der Waals surface area contributed by atoms with E-state index in [1.54, 1.807) is 12.1 Å². The number of likely N-dealkylation sites (N-methyl/N-ethyl adjacent to an activating group) is 1. The smallest absolute Gasteiger partial charge is 0.123 e. The molecule has 1 unspecified atom stereocenters. The molecular weight excluding hydrogens is 327 g/mol. The summed E-state index contributed by atoms with van der Waals surface area (Å²) in [6.45, 7) is 6.22. The van der Waals surface area contributed by atoms with Crippen molar-refractivity contribution >= 4 is 5.69 Å². The highest BCUT2D eigenvalue weighted by atomic mass is 19.1. The number of hydrogen-bond donors (Lipinski definition) is 0. The average molecular weight is 354 g/mol. The molecule has 0 aliphatic carbocycles. The number of nitrogens with zero attached hydrogens (tertiary/aromatic N) is 2. The molecule has 2 heterocycles. The summed E-state index contributed by atoms with van der Waals surface area (Å²) in [5, 5.41) is 0. The molecule has 4 heteroatoms. The van der Waals surface area contributed by atoms with E-state index in [0.29, 0.717) is 18.6 Å². The van der Waals surface area contributed by atoms with Gasteiger partial charge in [0.25, 0.3) is 0 Å². The lowest BCUT2D eigenvalue weighted by molar-refractivity contribution is 0.179. The number of anilines is 1. The van der Waals surface area contributed by atoms with E-state index in [1.807, 2.05) is 0 Å². The zero-order valence-corrected chi connectivity index (χ0v) is 15.6. The SMILES string of the molecule is Cc1cccc2c1N(C)C1CCN(CCCOc3ccc(F)cc3)C[C@@H]21. The van der Waals surface area contributed by atoms with Crippen molar-refractivity contribution in [2.24, 2.45) is 0 Å². The van der Waals surface area contributed by atoms with Crippen LogP contribution in [0.15, 0.2) is 42.5 Å². The van der Waals surface area contributed by atoms with Crippen molar-refractivity contribution in [1.29, 1.82) is 0 Å². The van der Waals surface area contributed by atoms with Gasteiger partial charge < -0.3 is 14.5 Å². The summed E-state index contributed by atoms with van der Waals surface area (Å²) in [7, 11) is 2.25. The average Bonchev–Trinajstić information content (AvgIpc) is 2.94. The van der Waals surface area contributed by atoms with Crippen molar-refractivity contribution in [3.8, 4) is 5.75 Å². The number of likely N-dealkylation sites (tertiary alicyclic amines) is 1. The molecule has 0 amide bonds.